The van der Waals surface area contributed by atoms with Crippen LogP contribution < -0.4 is 10.1 Å². The number of amides is 1. The van der Waals surface area contributed by atoms with Crippen LogP contribution in [0, 0.1) is 5.92 Å². The first-order chi connectivity index (χ1) is 11.2. The van der Waals surface area contributed by atoms with Crippen LogP contribution in [0.5, 0.6) is 5.95 Å². The van der Waals surface area contributed by atoms with Crippen molar-refractivity contribution in [2.45, 2.75) is 18.9 Å². The van der Waals surface area contributed by atoms with Crippen LogP contribution in [0.25, 0.3) is 10.6 Å². The van der Waals surface area contributed by atoms with Gasteiger partial charge in [-0.05, 0) is 50.0 Å². The Bertz CT molecular complexity index is 700. The normalized spacial score (nSPS) is 26.2. The number of methoxy groups -OCH3 is 1. The van der Waals surface area contributed by atoms with E-state index in [9.17, 15) is 4.79 Å². The van der Waals surface area contributed by atoms with Gasteiger partial charge in [-0.1, -0.05) is 0 Å². The van der Waals surface area contributed by atoms with E-state index in [1.807, 2.05) is 18.2 Å². The van der Waals surface area contributed by atoms with E-state index >= 15 is 0 Å². The predicted molar refractivity (Wildman–Crippen MR) is 89.0 cm³/mol. The van der Waals surface area contributed by atoms with Gasteiger partial charge >= 0.3 is 0 Å². The third-order valence-electron chi connectivity index (χ3n) is 4.83. The molecule has 0 saturated carbocycles. The maximum Gasteiger partial charge on any atom is 0.284 e. The van der Waals surface area contributed by atoms with Gasteiger partial charge in [-0.15, -0.1) is 11.3 Å². The molecule has 3 aliphatic rings. The first-order valence-corrected chi connectivity index (χ1v) is 8.82. The smallest absolute Gasteiger partial charge is 0.284 e. The maximum atomic E-state index is 12.5. The van der Waals surface area contributed by atoms with Crippen molar-refractivity contribution in [3.05, 3.63) is 29.1 Å². The molecule has 23 heavy (non-hydrogen) atoms. The fourth-order valence-electron chi connectivity index (χ4n) is 3.52. The number of fused-ring (bicyclic) bond motifs is 3. The topological polar surface area (TPSA) is 54.7 Å². The van der Waals surface area contributed by atoms with Gasteiger partial charge in [0.15, 0.2) is 0 Å². The molecule has 1 atom stereocenters. The summed E-state index contributed by atoms with van der Waals surface area (Å²) >= 11 is 1.45. The number of hydrogen-bond donors (Lipinski definition) is 1. The van der Waals surface area contributed by atoms with E-state index in [2.05, 4.69) is 10.2 Å². The number of carbonyl (C=O) groups excluding carboxylic acids is 1. The summed E-state index contributed by atoms with van der Waals surface area (Å²) in [5, 5.41) is 3.22. The number of rotatable bonds is 4. The Labute approximate surface area is 139 Å². The van der Waals surface area contributed by atoms with Crippen molar-refractivity contribution in [3.63, 3.8) is 0 Å². The summed E-state index contributed by atoms with van der Waals surface area (Å²) in [6, 6.07) is 7.72. The molecule has 5 heterocycles. The Balaban J connectivity index is 1.45. The van der Waals surface area contributed by atoms with E-state index in [1.54, 1.807) is 13.2 Å². The van der Waals surface area contributed by atoms with Crippen molar-refractivity contribution in [2.75, 3.05) is 26.7 Å². The highest BCUT2D eigenvalue weighted by Crippen LogP contribution is 2.32. The average molecular weight is 332 g/mol. The molecule has 0 radical (unpaired) electrons. The minimum absolute atomic E-state index is 0.0264. The fourth-order valence-corrected chi connectivity index (χ4v) is 4.39. The lowest BCUT2D eigenvalue weighted by Gasteiger charge is -2.44. The van der Waals surface area contributed by atoms with Crippen LogP contribution in [0.2, 0.25) is 0 Å². The molecule has 5 rings (SSSR count). The summed E-state index contributed by atoms with van der Waals surface area (Å²) in [4.78, 5) is 16.6. The third-order valence-corrected chi connectivity index (χ3v) is 5.93. The second-order valence-corrected chi connectivity index (χ2v) is 7.29. The van der Waals surface area contributed by atoms with Crippen LogP contribution in [-0.4, -0.2) is 43.6 Å². The molecular weight excluding hydrogens is 312 g/mol. The highest BCUT2D eigenvalue weighted by atomic mass is 32.1. The van der Waals surface area contributed by atoms with Gasteiger partial charge in [-0.2, -0.15) is 0 Å². The number of carbonyl (C=O) groups is 1. The van der Waals surface area contributed by atoms with Gasteiger partial charge in [0.2, 0.25) is 0 Å². The molecule has 0 spiro atoms. The Kier molecular flexibility index (Phi) is 3.87. The Morgan fingerprint density at radius 2 is 2.13 bits per heavy atom. The van der Waals surface area contributed by atoms with Crippen molar-refractivity contribution in [2.24, 2.45) is 5.92 Å². The lowest BCUT2D eigenvalue weighted by Crippen LogP contribution is -2.57. The van der Waals surface area contributed by atoms with Crippen molar-refractivity contribution < 1.29 is 13.9 Å². The molecule has 0 aliphatic carbocycles. The number of piperidine rings is 3. The van der Waals surface area contributed by atoms with Gasteiger partial charge in [0.1, 0.15) is 5.76 Å². The molecule has 3 fully saturated rings. The summed E-state index contributed by atoms with van der Waals surface area (Å²) in [6.07, 6.45) is 2.40. The quantitative estimate of drug-likeness (QED) is 0.935. The van der Waals surface area contributed by atoms with Crippen LogP contribution in [0.15, 0.2) is 28.7 Å². The molecule has 0 aromatic carbocycles. The number of nitrogens with one attached hydrogen (secondary N) is 1. The number of hydrogen-bond acceptors (Lipinski definition) is 5. The number of furan rings is 1. The first-order valence-electron chi connectivity index (χ1n) is 8.00. The van der Waals surface area contributed by atoms with Crippen LogP contribution in [-0.2, 0) is 0 Å². The third kappa shape index (κ3) is 2.88. The highest BCUT2D eigenvalue weighted by molar-refractivity contribution is 7.17. The summed E-state index contributed by atoms with van der Waals surface area (Å²) < 4.78 is 10.6. The van der Waals surface area contributed by atoms with Gasteiger partial charge in [0, 0.05) is 18.7 Å². The van der Waals surface area contributed by atoms with Gasteiger partial charge in [0.25, 0.3) is 11.9 Å². The highest BCUT2D eigenvalue weighted by Gasteiger charge is 2.35. The van der Waals surface area contributed by atoms with Crippen molar-refractivity contribution in [1.82, 2.24) is 10.2 Å². The van der Waals surface area contributed by atoms with Gasteiger partial charge in [-0.25, -0.2) is 0 Å². The molecule has 2 aromatic rings. The van der Waals surface area contributed by atoms with Crippen molar-refractivity contribution in [3.8, 4) is 16.6 Å². The predicted octanol–water partition coefficient (Wildman–Crippen LogP) is 2.84. The first kappa shape index (κ1) is 14.8. The molecule has 122 valence electrons. The van der Waals surface area contributed by atoms with E-state index in [0.717, 1.165) is 22.1 Å². The van der Waals surface area contributed by atoms with E-state index < -0.39 is 0 Å². The lowest BCUT2D eigenvalue weighted by molar-refractivity contribution is 0.0622. The molecule has 0 unspecified atom stereocenters. The average Bonchev–Trinajstić information content (AvgIpc) is 3.25. The Morgan fingerprint density at radius 3 is 2.78 bits per heavy atom. The SMILES string of the molecule is COc1ccc(-c2ccc(C(=O)N[C@H]3CN4CCC3CC4)s2)o1. The van der Waals surface area contributed by atoms with Crippen molar-refractivity contribution in [1.29, 1.82) is 0 Å². The van der Waals surface area contributed by atoms with Crippen LogP contribution in [0.1, 0.15) is 22.5 Å². The summed E-state index contributed by atoms with van der Waals surface area (Å²) in [5.41, 5.74) is 0. The molecule has 3 aliphatic heterocycles. The minimum atomic E-state index is 0.0264. The second-order valence-electron chi connectivity index (χ2n) is 6.20. The Morgan fingerprint density at radius 1 is 1.30 bits per heavy atom. The minimum Gasteiger partial charge on any atom is -0.468 e. The molecule has 1 amide bonds. The maximum absolute atomic E-state index is 12.5. The molecule has 6 heteroatoms. The summed E-state index contributed by atoms with van der Waals surface area (Å²) in [5.74, 6) is 1.87. The van der Waals surface area contributed by atoms with E-state index in [1.165, 1.54) is 37.3 Å². The van der Waals surface area contributed by atoms with Gasteiger partial charge in [0.05, 0.1) is 16.9 Å². The number of ether oxygens (including phenoxy) is 1. The second kappa shape index (κ2) is 6.02. The van der Waals surface area contributed by atoms with Gasteiger partial charge < -0.3 is 19.4 Å². The molecule has 1 N–H and O–H groups in total. The monoisotopic (exact) mass is 332 g/mol. The molecule has 3 saturated heterocycles. The zero-order chi connectivity index (χ0) is 15.8. The molecular formula is C17H20N2O3S. The van der Waals surface area contributed by atoms with Crippen LogP contribution in [0.4, 0.5) is 0 Å². The molecule has 2 bridgehead atoms. The van der Waals surface area contributed by atoms with E-state index in [4.69, 9.17) is 9.15 Å². The summed E-state index contributed by atoms with van der Waals surface area (Å²) in [7, 11) is 1.57. The van der Waals surface area contributed by atoms with Crippen molar-refractivity contribution >= 4 is 17.2 Å². The lowest BCUT2D eigenvalue weighted by atomic mass is 9.84. The zero-order valence-electron chi connectivity index (χ0n) is 13.1. The number of thiophene rings is 1. The Hall–Kier alpha value is -1.79. The fraction of sp³-hybridized carbons (Fsp3) is 0.471. The van der Waals surface area contributed by atoms with E-state index in [-0.39, 0.29) is 5.91 Å². The molecule has 2 aromatic heterocycles. The molecule has 5 nitrogen and oxygen atoms in total. The van der Waals surface area contributed by atoms with E-state index in [0.29, 0.717) is 17.9 Å². The standard InChI is InChI=1S/C17H20N2O3S/c1-21-16-5-2-13(22-16)14-3-4-15(23-14)17(20)18-12-10-19-8-6-11(12)7-9-19/h2-5,11-12H,6-10H2,1H3,(H,18,20)/t12-/m0/s1. The van der Waals surface area contributed by atoms with Crippen LogP contribution in [0.3, 0.4) is 0 Å². The zero-order valence-corrected chi connectivity index (χ0v) is 13.9. The van der Waals surface area contributed by atoms with Crippen LogP contribution >= 0.6 is 11.3 Å². The number of nitrogens with zero attached hydrogens (tertiary/aromatic N) is 1. The largest absolute Gasteiger partial charge is 0.468 e. The summed E-state index contributed by atoms with van der Waals surface area (Å²) in [6.45, 7) is 3.35. The van der Waals surface area contributed by atoms with Gasteiger partial charge in [-0.3, -0.25) is 4.79 Å².